The van der Waals surface area contributed by atoms with Gasteiger partial charge in [-0.3, -0.25) is 4.79 Å². The fourth-order valence-electron chi connectivity index (χ4n) is 2.14. The lowest BCUT2D eigenvalue weighted by atomic mass is 10.1. The second-order valence-corrected chi connectivity index (χ2v) is 6.75. The smallest absolute Gasteiger partial charge is 0.216 e. The molecule has 3 aromatic rings. The van der Waals surface area contributed by atoms with Gasteiger partial charge in [-0.1, -0.05) is 30.3 Å². The van der Waals surface area contributed by atoms with Crippen molar-refractivity contribution in [3.63, 3.8) is 0 Å². The zero-order valence-electron chi connectivity index (χ0n) is 12.2. The molecule has 0 aliphatic rings. The van der Waals surface area contributed by atoms with Crippen molar-refractivity contribution in [2.45, 2.75) is 13.3 Å². The lowest BCUT2D eigenvalue weighted by Gasteiger charge is -2.03. The molecule has 1 amide bonds. The molecular weight excluding hydrogens is 312 g/mol. The van der Waals surface area contributed by atoms with E-state index in [4.69, 9.17) is 4.98 Å². The first kappa shape index (κ1) is 14.9. The minimum Gasteiger partial charge on any atom is -0.356 e. The molecule has 0 aliphatic carbocycles. The molecule has 5 heteroatoms. The lowest BCUT2D eigenvalue weighted by Crippen LogP contribution is -2.22. The number of hydrogen-bond acceptors (Lipinski definition) is 4. The highest BCUT2D eigenvalue weighted by atomic mass is 32.1. The van der Waals surface area contributed by atoms with E-state index in [1.807, 2.05) is 6.07 Å². The molecule has 0 saturated heterocycles. The van der Waals surface area contributed by atoms with Gasteiger partial charge in [0.1, 0.15) is 5.01 Å². The molecule has 0 radical (unpaired) electrons. The molecule has 3 rings (SSSR count). The van der Waals surface area contributed by atoms with Crippen LogP contribution in [0.2, 0.25) is 0 Å². The maximum absolute atomic E-state index is 10.9. The average Bonchev–Trinajstić information content (AvgIpc) is 3.19. The molecule has 1 N–H and O–H groups in total. The van der Waals surface area contributed by atoms with Gasteiger partial charge in [-0.15, -0.1) is 22.7 Å². The summed E-state index contributed by atoms with van der Waals surface area (Å²) in [6.07, 6.45) is 0.845. The van der Waals surface area contributed by atoms with Crippen molar-refractivity contribution < 1.29 is 4.79 Å². The number of thiazole rings is 1. The van der Waals surface area contributed by atoms with Gasteiger partial charge in [0.2, 0.25) is 5.91 Å². The van der Waals surface area contributed by atoms with E-state index >= 15 is 0 Å². The molecule has 0 saturated carbocycles. The van der Waals surface area contributed by atoms with E-state index < -0.39 is 0 Å². The third-order valence-electron chi connectivity index (χ3n) is 3.27. The summed E-state index contributed by atoms with van der Waals surface area (Å²) in [7, 11) is 0. The van der Waals surface area contributed by atoms with Crippen LogP contribution in [0.25, 0.3) is 21.1 Å². The number of nitrogens with one attached hydrogen (secondary N) is 1. The Morgan fingerprint density at radius 2 is 2.00 bits per heavy atom. The van der Waals surface area contributed by atoms with Gasteiger partial charge in [0, 0.05) is 24.4 Å². The second kappa shape index (κ2) is 6.85. The van der Waals surface area contributed by atoms with Crippen LogP contribution in [0, 0.1) is 0 Å². The lowest BCUT2D eigenvalue weighted by molar-refractivity contribution is -0.118. The summed E-state index contributed by atoms with van der Waals surface area (Å²) in [5.41, 5.74) is 3.36. The van der Waals surface area contributed by atoms with Crippen LogP contribution in [0.4, 0.5) is 0 Å². The Hall–Kier alpha value is -1.98. The fourth-order valence-corrected chi connectivity index (χ4v) is 3.79. The quantitative estimate of drug-likeness (QED) is 0.762. The first-order chi connectivity index (χ1) is 10.7. The van der Waals surface area contributed by atoms with Crippen LogP contribution in [0.15, 0.2) is 47.2 Å². The van der Waals surface area contributed by atoms with Crippen LogP contribution in [-0.2, 0) is 11.2 Å². The summed E-state index contributed by atoms with van der Waals surface area (Å²) in [6.45, 7) is 2.21. The van der Waals surface area contributed by atoms with Crippen molar-refractivity contribution in [2.75, 3.05) is 6.54 Å². The van der Waals surface area contributed by atoms with Crippen LogP contribution >= 0.6 is 22.7 Å². The van der Waals surface area contributed by atoms with Gasteiger partial charge in [-0.2, -0.15) is 0 Å². The maximum Gasteiger partial charge on any atom is 0.216 e. The van der Waals surface area contributed by atoms with Crippen LogP contribution in [-0.4, -0.2) is 17.4 Å². The Morgan fingerprint density at radius 1 is 1.18 bits per heavy atom. The molecule has 0 bridgehead atoms. The maximum atomic E-state index is 10.9. The Balaban J connectivity index is 1.69. The van der Waals surface area contributed by atoms with Crippen molar-refractivity contribution in [2.24, 2.45) is 0 Å². The van der Waals surface area contributed by atoms with E-state index in [1.165, 1.54) is 17.4 Å². The standard InChI is InChI=1S/C17H16N2OS2/c1-12(20)18-9-8-13-4-6-14(7-5-13)15-11-22-17(19-15)16-3-2-10-21-16/h2-7,10-11H,8-9H2,1H3,(H,18,20). The van der Waals surface area contributed by atoms with E-state index in [1.54, 1.807) is 22.7 Å². The number of thiophene rings is 1. The largest absolute Gasteiger partial charge is 0.356 e. The van der Waals surface area contributed by atoms with Gasteiger partial charge in [0.25, 0.3) is 0 Å². The third-order valence-corrected chi connectivity index (χ3v) is 5.15. The summed E-state index contributed by atoms with van der Waals surface area (Å²) in [6, 6.07) is 12.5. The van der Waals surface area contributed by atoms with Crippen LogP contribution in [0.5, 0.6) is 0 Å². The fraction of sp³-hybridized carbons (Fsp3) is 0.176. The number of carbonyl (C=O) groups is 1. The minimum atomic E-state index is 0.0141. The van der Waals surface area contributed by atoms with Gasteiger partial charge in [-0.05, 0) is 23.4 Å². The van der Waals surface area contributed by atoms with E-state index in [0.29, 0.717) is 6.54 Å². The van der Waals surface area contributed by atoms with Crippen LogP contribution < -0.4 is 5.32 Å². The van der Waals surface area contributed by atoms with Crippen LogP contribution in [0.3, 0.4) is 0 Å². The Kier molecular flexibility index (Phi) is 4.65. The summed E-state index contributed by atoms with van der Waals surface area (Å²) in [5.74, 6) is 0.0141. The molecule has 3 nitrogen and oxygen atoms in total. The zero-order chi connectivity index (χ0) is 15.4. The monoisotopic (exact) mass is 328 g/mol. The molecule has 22 heavy (non-hydrogen) atoms. The van der Waals surface area contributed by atoms with Gasteiger partial charge in [-0.25, -0.2) is 4.98 Å². The Bertz CT molecular complexity index is 745. The summed E-state index contributed by atoms with van der Waals surface area (Å²) in [5, 5.41) is 8.05. The van der Waals surface area contributed by atoms with Crippen LogP contribution in [0.1, 0.15) is 12.5 Å². The van der Waals surface area contributed by atoms with E-state index in [0.717, 1.165) is 22.7 Å². The number of rotatable bonds is 5. The molecule has 0 atom stereocenters. The first-order valence-electron chi connectivity index (χ1n) is 7.05. The van der Waals surface area contributed by atoms with E-state index in [2.05, 4.69) is 46.4 Å². The van der Waals surface area contributed by atoms with Gasteiger partial charge in [0.05, 0.1) is 10.6 Å². The number of amides is 1. The van der Waals surface area contributed by atoms with Gasteiger partial charge in [0.15, 0.2) is 0 Å². The number of carbonyl (C=O) groups excluding carboxylic acids is 1. The van der Waals surface area contributed by atoms with Crippen molar-refractivity contribution in [1.29, 1.82) is 0 Å². The highest BCUT2D eigenvalue weighted by molar-refractivity contribution is 7.20. The summed E-state index contributed by atoms with van der Waals surface area (Å²) >= 11 is 3.39. The minimum absolute atomic E-state index is 0.0141. The third kappa shape index (κ3) is 3.61. The molecule has 0 aliphatic heterocycles. The van der Waals surface area contributed by atoms with Crippen molar-refractivity contribution >= 4 is 28.6 Å². The molecule has 0 fully saturated rings. The molecule has 0 unspecified atom stereocenters. The van der Waals surface area contributed by atoms with Gasteiger partial charge < -0.3 is 5.32 Å². The normalized spacial score (nSPS) is 10.6. The molecule has 1 aromatic carbocycles. The van der Waals surface area contributed by atoms with Gasteiger partial charge >= 0.3 is 0 Å². The van der Waals surface area contributed by atoms with Crippen molar-refractivity contribution in [3.8, 4) is 21.1 Å². The molecule has 0 spiro atoms. The predicted octanol–water partition coefficient (Wildman–Crippen LogP) is 4.22. The van der Waals surface area contributed by atoms with Crippen molar-refractivity contribution in [1.82, 2.24) is 10.3 Å². The summed E-state index contributed by atoms with van der Waals surface area (Å²) in [4.78, 5) is 16.8. The molecular formula is C17H16N2OS2. The van der Waals surface area contributed by atoms with Crippen molar-refractivity contribution in [3.05, 3.63) is 52.7 Å². The highest BCUT2D eigenvalue weighted by Crippen LogP contribution is 2.31. The molecule has 2 aromatic heterocycles. The summed E-state index contributed by atoms with van der Waals surface area (Å²) < 4.78 is 0. The second-order valence-electron chi connectivity index (χ2n) is 4.95. The van der Waals surface area contributed by atoms with E-state index in [-0.39, 0.29) is 5.91 Å². The Labute approximate surface area is 137 Å². The number of nitrogens with zero attached hydrogens (tertiary/aromatic N) is 1. The molecule has 112 valence electrons. The topological polar surface area (TPSA) is 42.0 Å². The van der Waals surface area contributed by atoms with E-state index in [9.17, 15) is 4.79 Å². The number of benzene rings is 1. The SMILES string of the molecule is CC(=O)NCCc1ccc(-c2csc(-c3cccs3)n2)cc1. The zero-order valence-corrected chi connectivity index (χ0v) is 13.8. The number of hydrogen-bond donors (Lipinski definition) is 1. The highest BCUT2D eigenvalue weighted by Gasteiger charge is 2.07. The molecule has 2 heterocycles. The number of aromatic nitrogens is 1. The first-order valence-corrected chi connectivity index (χ1v) is 8.81. The predicted molar refractivity (Wildman–Crippen MR) is 93.3 cm³/mol. The average molecular weight is 328 g/mol. The Morgan fingerprint density at radius 3 is 2.68 bits per heavy atom.